The molecule has 3 nitrogen and oxygen atoms in total. The van der Waals surface area contributed by atoms with Gasteiger partial charge in [0.05, 0.1) is 0 Å². The molecule has 0 saturated carbocycles. The number of hydrogen-bond donors (Lipinski definition) is 0. The molecule has 1 aliphatic heterocycles. The Balaban J connectivity index is 2.32. The first kappa shape index (κ1) is 24.5. The molecule has 2 unspecified atom stereocenters. The maximum atomic E-state index is 12.9. The monoisotopic (exact) mass is 380 g/mol. The summed E-state index contributed by atoms with van der Waals surface area (Å²) in [6, 6.07) is 0. The molecule has 1 heterocycles. The molecule has 0 aromatic heterocycles. The van der Waals surface area contributed by atoms with Crippen LogP contribution < -0.4 is 0 Å². The van der Waals surface area contributed by atoms with E-state index in [1.165, 1.54) is 71.0 Å². The second kappa shape index (κ2) is 14.4. The molecule has 3 heteroatoms. The summed E-state index contributed by atoms with van der Waals surface area (Å²) in [6.07, 6.45) is 13.6. The number of likely N-dealkylation sites (tertiary alicyclic amines) is 1. The third-order valence-electron chi connectivity index (χ3n) is 6.38. The van der Waals surface area contributed by atoms with Crippen molar-refractivity contribution in [2.75, 3.05) is 33.2 Å². The van der Waals surface area contributed by atoms with Crippen molar-refractivity contribution in [1.29, 1.82) is 0 Å². The molecular weight excluding hydrogens is 332 g/mol. The molecule has 0 radical (unpaired) electrons. The average molecular weight is 381 g/mol. The number of amides is 1. The van der Waals surface area contributed by atoms with Crippen molar-refractivity contribution in [3.63, 3.8) is 0 Å². The van der Waals surface area contributed by atoms with Gasteiger partial charge in [0, 0.05) is 26.1 Å². The summed E-state index contributed by atoms with van der Waals surface area (Å²) in [4.78, 5) is 17.6. The lowest BCUT2D eigenvalue weighted by atomic mass is 9.92. The third kappa shape index (κ3) is 9.96. The van der Waals surface area contributed by atoms with Crippen molar-refractivity contribution in [1.82, 2.24) is 9.80 Å². The van der Waals surface area contributed by atoms with Crippen LogP contribution in [0.4, 0.5) is 0 Å². The normalized spacial score (nSPS) is 18.4. The number of rotatable bonds is 14. The smallest absolute Gasteiger partial charge is 0.225 e. The molecule has 1 rings (SSSR count). The first-order chi connectivity index (χ1) is 13.0. The fourth-order valence-electron chi connectivity index (χ4n) is 4.61. The van der Waals surface area contributed by atoms with Crippen LogP contribution in [0.5, 0.6) is 0 Å². The van der Waals surface area contributed by atoms with E-state index in [0.717, 1.165) is 31.7 Å². The Morgan fingerprint density at radius 2 is 1.63 bits per heavy atom. The lowest BCUT2D eigenvalue weighted by Crippen LogP contribution is -2.42. The van der Waals surface area contributed by atoms with Crippen LogP contribution in [-0.2, 0) is 4.79 Å². The Labute approximate surface area is 170 Å². The Morgan fingerprint density at radius 3 is 2.22 bits per heavy atom. The molecule has 1 aliphatic rings. The highest BCUT2D eigenvalue weighted by Gasteiger charge is 2.25. The first-order valence-corrected chi connectivity index (χ1v) is 12.0. The zero-order valence-corrected chi connectivity index (χ0v) is 19.1. The van der Waals surface area contributed by atoms with Crippen LogP contribution in [0.1, 0.15) is 98.3 Å². The maximum absolute atomic E-state index is 12.9. The van der Waals surface area contributed by atoms with Gasteiger partial charge in [-0.3, -0.25) is 4.79 Å². The topological polar surface area (TPSA) is 23.6 Å². The van der Waals surface area contributed by atoms with Crippen molar-refractivity contribution in [3.8, 4) is 0 Å². The Bertz CT molecular complexity index is 377. The van der Waals surface area contributed by atoms with Crippen molar-refractivity contribution in [2.45, 2.75) is 98.3 Å². The molecule has 2 atom stereocenters. The highest BCUT2D eigenvalue weighted by molar-refractivity contribution is 5.78. The summed E-state index contributed by atoms with van der Waals surface area (Å²) in [5.74, 6) is 2.17. The van der Waals surface area contributed by atoms with Crippen LogP contribution in [0.3, 0.4) is 0 Å². The van der Waals surface area contributed by atoms with Gasteiger partial charge in [0.25, 0.3) is 0 Å². The molecule has 0 spiro atoms. The maximum Gasteiger partial charge on any atom is 0.225 e. The molecule has 27 heavy (non-hydrogen) atoms. The summed E-state index contributed by atoms with van der Waals surface area (Å²) in [5, 5.41) is 0. The molecule has 0 aromatic rings. The molecule has 0 bridgehead atoms. The van der Waals surface area contributed by atoms with Gasteiger partial charge in [-0.2, -0.15) is 0 Å². The van der Waals surface area contributed by atoms with Crippen LogP contribution in [0.2, 0.25) is 0 Å². The number of carbonyl (C=O) groups excluding carboxylic acids is 1. The molecule has 0 aromatic carbocycles. The number of hydrogen-bond acceptors (Lipinski definition) is 2. The third-order valence-corrected chi connectivity index (χ3v) is 6.38. The molecule has 0 aliphatic carbocycles. The van der Waals surface area contributed by atoms with Gasteiger partial charge >= 0.3 is 0 Å². The lowest BCUT2D eigenvalue weighted by Gasteiger charge is -2.35. The Kier molecular flexibility index (Phi) is 13.1. The van der Waals surface area contributed by atoms with Gasteiger partial charge in [-0.1, -0.05) is 66.2 Å². The highest BCUT2D eigenvalue weighted by atomic mass is 16.2. The summed E-state index contributed by atoms with van der Waals surface area (Å²) in [7, 11) is 2.04. The van der Waals surface area contributed by atoms with Gasteiger partial charge in [-0.05, 0) is 57.0 Å². The summed E-state index contributed by atoms with van der Waals surface area (Å²) in [5.41, 5.74) is 0. The predicted octanol–water partition coefficient (Wildman–Crippen LogP) is 5.98. The summed E-state index contributed by atoms with van der Waals surface area (Å²) in [6.45, 7) is 13.8. The largest absolute Gasteiger partial charge is 0.345 e. The SMILES string of the molecule is CCCCCC(C)CN1CCC(CN(C)C(=O)C(CCC)CCCC)CC1. The van der Waals surface area contributed by atoms with E-state index in [4.69, 9.17) is 0 Å². The summed E-state index contributed by atoms with van der Waals surface area (Å²) < 4.78 is 0. The van der Waals surface area contributed by atoms with Crippen LogP contribution in [0.25, 0.3) is 0 Å². The highest BCUT2D eigenvalue weighted by Crippen LogP contribution is 2.23. The lowest BCUT2D eigenvalue weighted by molar-refractivity contribution is -0.135. The molecular formula is C24H48N2O. The van der Waals surface area contributed by atoms with E-state index in [1.54, 1.807) is 0 Å². The minimum atomic E-state index is 0.254. The molecule has 0 N–H and O–H groups in total. The minimum Gasteiger partial charge on any atom is -0.345 e. The number of piperidine rings is 1. The fraction of sp³-hybridized carbons (Fsp3) is 0.958. The predicted molar refractivity (Wildman–Crippen MR) is 118 cm³/mol. The van der Waals surface area contributed by atoms with Crippen LogP contribution >= 0.6 is 0 Å². The van der Waals surface area contributed by atoms with Gasteiger partial charge in [0.1, 0.15) is 0 Å². The average Bonchev–Trinajstić information content (AvgIpc) is 2.66. The van der Waals surface area contributed by atoms with E-state index in [0.29, 0.717) is 11.8 Å². The van der Waals surface area contributed by atoms with Gasteiger partial charge < -0.3 is 9.80 Å². The van der Waals surface area contributed by atoms with Crippen molar-refractivity contribution < 1.29 is 4.79 Å². The zero-order valence-electron chi connectivity index (χ0n) is 19.1. The second-order valence-electron chi connectivity index (χ2n) is 9.19. The van der Waals surface area contributed by atoms with Crippen molar-refractivity contribution in [2.24, 2.45) is 17.8 Å². The molecule has 1 amide bonds. The van der Waals surface area contributed by atoms with Gasteiger partial charge in [0.15, 0.2) is 0 Å². The first-order valence-electron chi connectivity index (χ1n) is 12.0. The van der Waals surface area contributed by atoms with E-state index < -0.39 is 0 Å². The standard InChI is InChI=1S/C24H48N2O/c1-6-9-11-13-21(4)19-26-17-15-22(16-18-26)20-25(5)24(27)23(12-8-3)14-10-7-2/h21-23H,6-20H2,1-5H3. The van der Waals surface area contributed by atoms with Crippen LogP contribution in [0, 0.1) is 17.8 Å². The van der Waals surface area contributed by atoms with Crippen molar-refractivity contribution in [3.05, 3.63) is 0 Å². The van der Waals surface area contributed by atoms with Gasteiger partial charge in [-0.25, -0.2) is 0 Å². The van der Waals surface area contributed by atoms with E-state index in [2.05, 4.69) is 37.5 Å². The zero-order chi connectivity index (χ0) is 20.1. The van der Waals surface area contributed by atoms with E-state index in [1.807, 2.05) is 7.05 Å². The summed E-state index contributed by atoms with van der Waals surface area (Å²) >= 11 is 0. The van der Waals surface area contributed by atoms with E-state index in [9.17, 15) is 4.79 Å². The quantitative estimate of drug-likeness (QED) is 0.346. The van der Waals surface area contributed by atoms with Gasteiger partial charge in [0.2, 0.25) is 5.91 Å². The Morgan fingerprint density at radius 1 is 0.963 bits per heavy atom. The number of nitrogens with zero attached hydrogens (tertiary/aromatic N) is 2. The minimum absolute atomic E-state index is 0.254. The number of carbonyl (C=O) groups is 1. The fourth-order valence-corrected chi connectivity index (χ4v) is 4.61. The molecule has 1 fully saturated rings. The molecule has 160 valence electrons. The van der Waals surface area contributed by atoms with Crippen LogP contribution in [0.15, 0.2) is 0 Å². The second-order valence-corrected chi connectivity index (χ2v) is 9.19. The number of unbranched alkanes of at least 4 members (excludes halogenated alkanes) is 3. The van der Waals surface area contributed by atoms with E-state index >= 15 is 0 Å². The van der Waals surface area contributed by atoms with Gasteiger partial charge in [-0.15, -0.1) is 0 Å². The molecule has 1 saturated heterocycles. The van der Waals surface area contributed by atoms with Crippen molar-refractivity contribution >= 4 is 5.91 Å². The van der Waals surface area contributed by atoms with Crippen LogP contribution in [-0.4, -0.2) is 48.9 Å². The Hall–Kier alpha value is -0.570. The van der Waals surface area contributed by atoms with E-state index in [-0.39, 0.29) is 5.92 Å².